The molecule has 0 bridgehead atoms. The molecule has 0 aromatic rings. The van der Waals surface area contributed by atoms with Gasteiger partial charge in [0.1, 0.15) is 5.54 Å². The molecule has 1 aliphatic carbocycles. The second-order valence-corrected chi connectivity index (χ2v) is 5.79. The molecule has 0 aromatic carbocycles. The molecule has 0 aliphatic heterocycles. The molecule has 0 heterocycles. The molecule has 0 aromatic heterocycles. The van der Waals surface area contributed by atoms with Gasteiger partial charge in [0, 0.05) is 20.1 Å². The molecule has 116 valence electrons. The molecule has 0 spiro atoms. The minimum absolute atomic E-state index is 0.0666. The van der Waals surface area contributed by atoms with Crippen molar-refractivity contribution in [2.45, 2.75) is 57.4 Å². The van der Waals surface area contributed by atoms with E-state index in [1.54, 1.807) is 7.11 Å². The van der Waals surface area contributed by atoms with E-state index in [-0.39, 0.29) is 17.7 Å². The lowest BCUT2D eigenvalue weighted by atomic mass is 9.88. The first-order chi connectivity index (χ1) is 9.54. The molecule has 1 fully saturated rings. The third-order valence-electron chi connectivity index (χ3n) is 3.92. The van der Waals surface area contributed by atoms with Crippen molar-refractivity contribution < 1.29 is 14.7 Å². The zero-order chi connectivity index (χ0) is 15.0. The Morgan fingerprint density at radius 1 is 1.40 bits per heavy atom. The number of methoxy groups -OCH3 is 1. The van der Waals surface area contributed by atoms with Crippen LogP contribution < -0.4 is 11.1 Å². The Balaban J connectivity index is 2.72. The van der Waals surface area contributed by atoms with Gasteiger partial charge in [0.25, 0.3) is 0 Å². The van der Waals surface area contributed by atoms with Crippen LogP contribution in [-0.2, 0) is 9.53 Å². The van der Waals surface area contributed by atoms with E-state index in [9.17, 15) is 4.79 Å². The molecule has 0 radical (unpaired) electrons. The van der Waals surface area contributed by atoms with Gasteiger partial charge in [-0.1, -0.05) is 37.8 Å². The lowest BCUT2D eigenvalue weighted by Gasteiger charge is -2.33. The van der Waals surface area contributed by atoms with Crippen molar-refractivity contribution in [3.63, 3.8) is 0 Å². The number of amides is 1. The monoisotopic (exact) mass is 285 g/mol. The Hall–Kier alpha value is -1.30. The largest absolute Gasteiger partial charge is 0.409 e. The number of ether oxygens (including phenoxy) is 1. The minimum atomic E-state index is -0.685. The number of oxime groups is 1. The molecule has 0 saturated heterocycles. The van der Waals surface area contributed by atoms with Gasteiger partial charge in [0.15, 0.2) is 5.84 Å². The first kappa shape index (κ1) is 16.8. The van der Waals surface area contributed by atoms with Crippen molar-refractivity contribution in [2.75, 3.05) is 13.7 Å². The van der Waals surface area contributed by atoms with E-state index in [1.807, 2.05) is 6.92 Å². The SMILES string of the molecule is COCC(C)CC(=O)NC1(C(N)=NO)CCCCCC1. The fourth-order valence-electron chi connectivity index (χ4n) is 2.85. The third kappa shape index (κ3) is 4.67. The van der Waals surface area contributed by atoms with Gasteiger partial charge in [-0.3, -0.25) is 4.79 Å². The maximum absolute atomic E-state index is 12.2. The number of hydrogen-bond donors (Lipinski definition) is 3. The first-order valence-electron chi connectivity index (χ1n) is 7.32. The minimum Gasteiger partial charge on any atom is -0.409 e. The summed E-state index contributed by atoms with van der Waals surface area (Å²) in [7, 11) is 1.62. The Morgan fingerprint density at radius 3 is 2.50 bits per heavy atom. The fourth-order valence-corrected chi connectivity index (χ4v) is 2.85. The van der Waals surface area contributed by atoms with Crippen molar-refractivity contribution in [3.05, 3.63) is 0 Å². The second-order valence-electron chi connectivity index (χ2n) is 5.79. The van der Waals surface area contributed by atoms with Crippen LogP contribution in [0, 0.1) is 5.92 Å². The van der Waals surface area contributed by atoms with Gasteiger partial charge in [0.2, 0.25) is 5.91 Å². The van der Waals surface area contributed by atoms with Gasteiger partial charge in [-0.25, -0.2) is 0 Å². The summed E-state index contributed by atoms with van der Waals surface area (Å²) >= 11 is 0. The van der Waals surface area contributed by atoms with E-state index in [0.29, 0.717) is 13.0 Å². The zero-order valence-electron chi connectivity index (χ0n) is 12.5. The summed E-state index contributed by atoms with van der Waals surface area (Å²) in [4.78, 5) is 12.2. The van der Waals surface area contributed by atoms with Crippen LogP contribution in [-0.4, -0.2) is 36.2 Å². The van der Waals surface area contributed by atoms with E-state index in [1.165, 1.54) is 0 Å². The van der Waals surface area contributed by atoms with Crippen LogP contribution in [0.5, 0.6) is 0 Å². The van der Waals surface area contributed by atoms with Gasteiger partial charge in [-0.15, -0.1) is 0 Å². The average Bonchev–Trinajstić information content (AvgIpc) is 2.64. The highest BCUT2D eigenvalue weighted by Crippen LogP contribution is 2.27. The maximum atomic E-state index is 12.2. The predicted octanol–water partition coefficient (Wildman–Crippen LogP) is 1.61. The van der Waals surface area contributed by atoms with Crippen LogP contribution in [0.25, 0.3) is 0 Å². The molecule has 1 unspecified atom stereocenters. The molecular formula is C14H27N3O3. The summed E-state index contributed by atoms with van der Waals surface area (Å²) in [6.45, 7) is 2.51. The fraction of sp³-hybridized carbons (Fsp3) is 0.857. The van der Waals surface area contributed by atoms with Crippen molar-refractivity contribution in [1.29, 1.82) is 0 Å². The van der Waals surface area contributed by atoms with Gasteiger partial charge < -0.3 is 21.0 Å². The molecule has 20 heavy (non-hydrogen) atoms. The first-order valence-corrected chi connectivity index (χ1v) is 7.32. The molecule has 6 nitrogen and oxygen atoms in total. The standard InChI is InChI=1S/C14H27N3O3/c1-11(10-20-2)9-12(18)16-14(13(15)17-19)7-5-3-4-6-8-14/h11,19H,3-10H2,1-2H3,(H2,15,17)(H,16,18). The predicted molar refractivity (Wildman–Crippen MR) is 77.6 cm³/mol. The Kier molecular flexibility index (Phi) is 6.78. The molecule has 1 amide bonds. The zero-order valence-corrected chi connectivity index (χ0v) is 12.5. The summed E-state index contributed by atoms with van der Waals surface area (Å²) < 4.78 is 5.04. The van der Waals surface area contributed by atoms with E-state index >= 15 is 0 Å². The number of nitrogens with two attached hydrogens (primary N) is 1. The van der Waals surface area contributed by atoms with Crippen molar-refractivity contribution in [1.82, 2.24) is 5.32 Å². The number of nitrogens with one attached hydrogen (secondary N) is 1. The smallest absolute Gasteiger partial charge is 0.221 e. The summed E-state index contributed by atoms with van der Waals surface area (Å²) in [5.41, 5.74) is 5.17. The number of carbonyl (C=O) groups is 1. The number of rotatable bonds is 6. The van der Waals surface area contributed by atoms with E-state index in [2.05, 4.69) is 10.5 Å². The molecular weight excluding hydrogens is 258 g/mol. The van der Waals surface area contributed by atoms with Crippen molar-refractivity contribution >= 4 is 11.7 Å². The van der Waals surface area contributed by atoms with E-state index < -0.39 is 5.54 Å². The van der Waals surface area contributed by atoms with Crippen LogP contribution >= 0.6 is 0 Å². The summed E-state index contributed by atoms with van der Waals surface area (Å²) in [6, 6.07) is 0. The highest BCUT2D eigenvalue weighted by Gasteiger charge is 2.37. The van der Waals surface area contributed by atoms with Crippen LogP contribution in [0.1, 0.15) is 51.9 Å². The van der Waals surface area contributed by atoms with Crippen LogP contribution in [0.2, 0.25) is 0 Å². The van der Waals surface area contributed by atoms with Crippen molar-refractivity contribution in [2.24, 2.45) is 16.8 Å². The van der Waals surface area contributed by atoms with Crippen LogP contribution in [0.15, 0.2) is 5.16 Å². The topological polar surface area (TPSA) is 96.9 Å². The number of carbonyl (C=O) groups excluding carboxylic acids is 1. The van der Waals surface area contributed by atoms with Crippen LogP contribution in [0.4, 0.5) is 0 Å². The normalized spacial score (nSPS) is 21.0. The van der Waals surface area contributed by atoms with Gasteiger partial charge in [-0.2, -0.15) is 0 Å². The molecule has 1 rings (SSSR count). The molecule has 4 N–H and O–H groups in total. The number of nitrogens with zero attached hydrogens (tertiary/aromatic N) is 1. The summed E-state index contributed by atoms with van der Waals surface area (Å²) in [5.74, 6) is 0.199. The number of amidine groups is 1. The van der Waals surface area contributed by atoms with Gasteiger partial charge >= 0.3 is 0 Å². The second kappa shape index (κ2) is 8.09. The van der Waals surface area contributed by atoms with E-state index in [0.717, 1.165) is 38.5 Å². The third-order valence-corrected chi connectivity index (χ3v) is 3.92. The Morgan fingerprint density at radius 2 is 2.00 bits per heavy atom. The summed E-state index contributed by atoms with van der Waals surface area (Å²) in [6.07, 6.45) is 6.04. The quantitative estimate of drug-likeness (QED) is 0.227. The van der Waals surface area contributed by atoms with Gasteiger partial charge in [-0.05, 0) is 18.8 Å². The summed E-state index contributed by atoms with van der Waals surface area (Å²) in [5, 5.41) is 15.2. The van der Waals surface area contributed by atoms with Gasteiger partial charge in [0.05, 0.1) is 0 Å². The molecule has 1 atom stereocenters. The molecule has 1 aliphatic rings. The molecule has 1 saturated carbocycles. The lowest BCUT2D eigenvalue weighted by molar-refractivity contribution is -0.123. The maximum Gasteiger partial charge on any atom is 0.221 e. The Labute approximate surface area is 120 Å². The highest BCUT2D eigenvalue weighted by molar-refractivity contribution is 5.93. The molecule has 6 heteroatoms. The van der Waals surface area contributed by atoms with Crippen LogP contribution in [0.3, 0.4) is 0 Å². The Bertz CT molecular complexity index is 337. The lowest BCUT2D eigenvalue weighted by Crippen LogP contribution is -2.57. The van der Waals surface area contributed by atoms with Crippen molar-refractivity contribution in [3.8, 4) is 0 Å². The average molecular weight is 285 g/mol. The number of hydrogen-bond acceptors (Lipinski definition) is 4. The highest BCUT2D eigenvalue weighted by atomic mass is 16.5. The van der Waals surface area contributed by atoms with E-state index in [4.69, 9.17) is 15.7 Å².